The van der Waals surface area contributed by atoms with Crippen molar-refractivity contribution in [3.63, 3.8) is 0 Å². The summed E-state index contributed by atoms with van der Waals surface area (Å²) in [5.74, 6) is -0.951. The molecule has 31 heavy (non-hydrogen) atoms. The third-order valence-corrected chi connectivity index (χ3v) is 5.01. The Morgan fingerprint density at radius 1 is 0.968 bits per heavy atom. The number of benzene rings is 3. The SMILES string of the molecule is O=C(/C=C/c1cc(Br)ccc1OCc1ccccc1)N[C@@H](Cc1ccccc1)C(=O)O. The molecule has 3 rings (SSSR count). The summed E-state index contributed by atoms with van der Waals surface area (Å²) in [5.41, 5.74) is 2.57. The van der Waals surface area contributed by atoms with Gasteiger partial charge in [-0.2, -0.15) is 0 Å². The minimum Gasteiger partial charge on any atom is -0.488 e. The maximum absolute atomic E-state index is 12.4. The van der Waals surface area contributed by atoms with Crippen molar-refractivity contribution < 1.29 is 19.4 Å². The normalized spacial score (nSPS) is 11.8. The lowest BCUT2D eigenvalue weighted by Gasteiger charge is -2.13. The van der Waals surface area contributed by atoms with Crippen molar-refractivity contribution >= 4 is 33.9 Å². The van der Waals surface area contributed by atoms with Crippen LogP contribution in [-0.2, 0) is 22.6 Å². The van der Waals surface area contributed by atoms with E-state index in [0.29, 0.717) is 17.9 Å². The smallest absolute Gasteiger partial charge is 0.326 e. The lowest BCUT2D eigenvalue weighted by Crippen LogP contribution is -2.41. The summed E-state index contributed by atoms with van der Waals surface area (Å²) in [6, 6.07) is 23.5. The van der Waals surface area contributed by atoms with Crippen LogP contribution >= 0.6 is 15.9 Å². The maximum Gasteiger partial charge on any atom is 0.326 e. The highest BCUT2D eigenvalue weighted by Gasteiger charge is 2.19. The molecule has 0 unspecified atom stereocenters. The Bertz CT molecular complexity index is 1050. The lowest BCUT2D eigenvalue weighted by molar-refractivity contribution is -0.141. The Labute approximate surface area is 189 Å². The molecule has 158 valence electrons. The summed E-state index contributed by atoms with van der Waals surface area (Å²) in [5, 5.41) is 12.0. The predicted octanol–water partition coefficient (Wildman–Crippen LogP) is 4.85. The van der Waals surface area contributed by atoms with Crippen molar-refractivity contribution in [3.05, 3.63) is 106 Å². The summed E-state index contributed by atoms with van der Waals surface area (Å²) >= 11 is 3.43. The van der Waals surface area contributed by atoms with Gasteiger partial charge in [0.1, 0.15) is 18.4 Å². The van der Waals surface area contributed by atoms with Crippen LogP contribution in [0.5, 0.6) is 5.75 Å². The molecule has 0 aliphatic carbocycles. The Morgan fingerprint density at radius 3 is 2.26 bits per heavy atom. The summed E-state index contributed by atoms with van der Waals surface area (Å²) in [6.07, 6.45) is 3.14. The fourth-order valence-corrected chi connectivity index (χ4v) is 3.33. The van der Waals surface area contributed by atoms with Crippen LogP contribution in [0.3, 0.4) is 0 Å². The molecule has 6 heteroatoms. The van der Waals surface area contributed by atoms with Crippen molar-refractivity contribution in [1.82, 2.24) is 5.32 Å². The summed E-state index contributed by atoms with van der Waals surface area (Å²) in [4.78, 5) is 24.0. The number of carbonyl (C=O) groups excluding carboxylic acids is 1. The summed E-state index contributed by atoms with van der Waals surface area (Å²) in [6.45, 7) is 0.397. The number of halogens is 1. The van der Waals surface area contributed by atoms with E-state index in [1.165, 1.54) is 6.08 Å². The van der Waals surface area contributed by atoms with E-state index in [9.17, 15) is 14.7 Å². The number of hydrogen-bond donors (Lipinski definition) is 2. The number of carboxylic acid groups (broad SMARTS) is 1. The molecule has 1 amide bonds. The van der Waals surface area contributed by atoms with Gasteiger partial charge in [-0.05, 0) is 35.4 Å². The molecule has 0 radical (unpaired) electrons. The summed E-state index contributed by atoms with van der Waals surface area (Å²) in [7, 11) is 0. The summed E-state index contributed by atoms with van der Waals surface area (Å²) < 4.78 is 6.75. The van der Waals surface area contributed by atoms with Crippen LogP contribution in [0.15, 0.2) is 89.4 Å². The first-order chi connectivity index (χ1) is 15.0. The molecular formula is C25H22BrNO4. The number of ether oxygens (including phenoxy) is 1. The average Bonchev–Trinajstić information content (AvgIpc) is 2.78. The highest BCUT2D eigenvalue weighted by Crippen LogP contribution is 2.25. The predicted molar refractivity (Wildman–Crippen MR) is 124 cm³/mol. The van der Waals surface area contributed by atoms with Crippen LogP contribution in [0.25, 0.3) is 6.08 Å². The van der Waals surface area contributed by atoms with E-state index in [4.69, 9.17) is 4.74 Å². The van der Waals surface area contributed by atoms with Crippen molar-refractivity contribution in [2.45, 2.75) is 19.1 Å². The number of carbonyl (C=O) groups is 2. The van der Waals surface area contributed by atoms with Gasteiger partial charge in [0.25, 0.3) is 0 Å². The van der Waals surface area contributed by atoms with Gasteiger partial charge in [-0.25, -0.2) is 4.79 Å². The molecule has 0 bridgehead atoms. The molecule has 0 spiro atoms. The quantitative estimate of drug-likeness (QED) is 0.430. The Hall–Kier alpha value is -3.38. The maximum atomic E-state index is 12.4. The van der Waals surface area contributed by atoms with Gasteiger partial charge in [0, 0.05) is 22.5 Å². The number of hydrogen-bond acceptors (Lipinski definition) is 3. The van der Waals surface area contributed by atoms with Gasteiger partial charge in [0.15, 0.2) is 0 Å². The molecule has 3 aromatic rings. The molecule has 1 atom stereocenters. The standard InChI is InChI=1S/C25H22BrNO4/c26-21-12-13-23(31-17-19-9-5-2-6-10-19)20(16-21)11-14-24(28)27-22(25(29)30)15-18-7-3-1-4-8-18/h1-14,16,22H,15,17H2,(H,27,28)(H,29,30)/b14-11+/t22-/m0/s1. The molecule has 0 saturated carbocycles. The molecule has 0 aromatic heterocycles. The fraction of sp³-hybridized carbons (Fsp3) is 0.120. The molecule has 0 heterocycles. The molecule has 2 N–H and O–H groups in total. The topological polar surface area (TPSA) is 75.6 Å². The van der Waals surface area contributed by atoms with E-state index < -0.39 is 17.9 Å². The van der Waals surface area contributed by atoms with Crippen LogP contribution in [0.2, 0.25) is 0 Å². The molecule has 3 aromatic carbocycles. The monoisotopic (exact) mass is 479 g/mol. The first-order valence-electron chi connectivity index (χ1n) is 9.73. The number of aliphatic carboxylic acids is 1. The van der Waals surface area contributed by atoms with Gasteiger partial charge < -0.3 is 15.2 Å². The lowest BCUT2D eigenvalue weighted by atomic mass is 10.1. The van der Waals surface area contributed by atoms with Crippen molar-refractivity contribution in [1.29, 1.82) is 0 Å². The Balaban J connectivity index is 1.67. The molecule has 0 aliphatic heterocycles. The Kier molecular flexibility index (Phi) is 8.01. The molecule has 5 nitrogen and oxygen atoms in total. The highest BCUT2D eigenvalue weighted by molar-refractivity contribution is 9.10. The fourth-order valence-electron chi connectivity index (χ4n) is 2.95. The van der Waals surface area contributed by atoms with Crippen LogP contribution in [0.1, 0.15) is 16.7 Å². The van der Waals surface area contributed by atoms with E-state index in [1.54, 1.807) is 6.08 Å². The second kappa shape index (κ2) is 11.1. The second-order valence-corrected chi connectivity index (χ2v) is 7.79. The molecular weight excluding hydrogens is 458 g/mol. The number of carboxylic acids is 1. The zero-order chi connectivity index (χ0) is 22.1. The average molecular weight is 480 g/mol. The third kappa shape index (κ3) is 7.12. The molecule has 0 fully saturated rings. The molecule has 0 saturated heterocycles. The van der Waals surface area contributed by atoms with Crippen molar-refractivity contribution in [2.75, 3.05) is 0 Å². The van der Waals surface area contributed by atoms with E-state index in [2.05, 4.69) is 21.2 Å². The number of rotatable bonds is 9. The highest BCUT2D eigenvalue weighted by atomic mass is 79.9. The van der Waals surface area contributed by atoms with E-state index in [0.717, 1.165) is 15.6 Å². The number of amides is 1. The van der Waals surface area contributed by atoms with Crippen LogP contribution in [-0.4, -0.2) is 23.0 Å². The van der Waals surface area contributed by atoms with E-state index in [1.807, 2.05) is 78.9 Å². The van der Waals surface area contributed by atoms with Gasteiger partial charge >= 0.3 is 5.97 Å². The van der Waals surface area contributed by atoms with Crippen molar-refractivity contribution in [3.8, 4) is 5.75 Å². The van der Waals surface area contributed by atoms with Gasteiger partial charge in [0.05, 0.1) is 0 Å². The van der Waals surface area contributed by atoms with Crippen LogP contribution in [0, 0.1) is 0 Å². The second-order valence-electron chi connectivity index (χ2n) is 6.88. The van der Waals surface area contributed by atoms with Gasteiger partial charge in [-0.1, -0.05) is 76.6 Å². The van der Waals surface area contributed by atoms with Gasteiger partial charge in [-0.3, -0.25) is 4.79 Å². The van der Waals surface area contributed by atoms with E-state index >= 15 is 0 Å². The number of nitrogens with one attached hydrogen (secondary N) is 1. The first-order valence-corrected chi connectivity index (χ1v) is 10.5. The minimum absolute atomic E-state index is 0.206. The largest absolute Gasteiger partial charge is 0.488 e. The minimum atomic E-state index is -1.08. The van der Waals surface area contributed by atoms with Crippen molar-refractivity contribution in [2.24, 2.45) is 0 Å². The zero-order valence-electron chi connectivity index (χ0n) is 16.7. The molecule has 0 aliphatic rings. The van der Waals surface area contributed by atoms with E-state index in [-0.39, 0.29) is 6.42 Å². The van der Waals surface area contributed by atoms with Crippen LogP contribution < -0.4 is 10.1 Å². The first kappa shape index (κ1) is 22.3. The van der Waals surface area contributed by atoms with Gasteiger partial charge in [0.2, 0.25) is 5.91 Å². The van der Waals surface area contributed by atoms with Crippen LogP contribution in [0.4, 0.5) is 0 Å². The van der Waals surface area contributed by atoms with Gasteiger partial charge in [-0.15, -0.1) is 0 Å². The Morgan fingerprint density at radius 2 is 1.61 bits per heavy atom. The third-order valence-electron chi connectivity index (χ3n) is 4.52. The zero-order valence-corrected chi connectivity index (χ0v) is 18.3.